The van der Waals surface area contributed by atoms with Gasteiger partial charge in [-0.25, -0.2) is 8.78 Å². The fourth-order valence-corrected chi connectivity index (χ4v) is 2.31. The average Bonchev–Trinajstić information content (AvgIpc) is 2.81. The molecule has 6 nitrogen and oxygen atoms in total. The molecule has 1 saturated carbocycles. The van der Waals surface area contributed by atoms with Crippen molar-refractivity contribution in [1.29, 1.82) is 0 Å². The highest BCUT2D eigenvalue weighted by Crippen LogP contribution is 2.34. The van der Waals surface area contributed by atoms with Crippen molar-refractivity contribution >= 4 is 11.5 Å². The number of rotatable bonds is 5. The van der Waals surface area contributed by atoms with Crippen LogP contribution in [-0.2, 0) is 4.74 Å². The van der Waals surface area contributed by atoms with Gasteiger partial charge in [0.1, 0.15) is 5.82 Å². The number of aromatic nitrogens is 4. The van der Waals surface area contributed by atoms with Gasteiger partial charge in [-0.05, 0) is 31.4 Å². The van der Waals surface area contributed by atoms with Crippen LogP contribution in [0.25, 0.3) is 5.65 Å². The Kier molecular flexibility index (Phi) is 3.25. The van der Waals surface area contributed by atoms with E-state index in [-0.39, 0.29) is 5.60 Å². The largest absolute Gasteiger partial charge is 0.376 e. The van der Waals surface area contributed by atoms with Crippen LogP contribution in [0.4, 0.5) is 14.6 Å². The summed E-state index contributed by atoms with van der Waals surface area (Å²) in [7, 11) is 1.69. The second-order valence-corrected chi connectivity index (χ2v) is 4.94. The molecule has 1 aliphatic rings. The molecule has 8 heteroatoms. The zero-order chi connectivity index (χ0) is 14.2. The molecule has 20 heavy (non-hydrogen) atoms. The van der Waals surface area contributed by atoms with Crippen molar-refractivity contribution in [1.82, 2.24) is 19.8 Å². The number of anilines is 1. The van der Waals surface area contributed by atoms with Crippen LogP contribution in [0.1, 0.15) is 31.5 Å². The molecule has 0 aliphatic heterocycles. The molecule has 1 aliphatic carbocycles. The molecule has 0 radical (unpaired) electrons. The van der Waals surface area contributed by atoms with Gasteiger partial charge in [-0.2, -0.15) is 4.52 Å². The smallest absolute Gasteiger partial charge is 0.299 e. The zero-order valence-corrected chi connectivity index (χ0v) is 11.0. The van der Waals surface area contributed by atoms with E-state index in [0.717, 1.165) is 23.8 Å². The maximum atomic E-state index is 12.8. The lowest BCUT2D eigenvalue weighted by Gasteiger charge is -2.40. The molecular formula is C12H15F2N5O. The first-order chi connectivity index (χ1) is 9.63. The number of hydrogen-bond acceptors (Lipinski definition) is 5. The number of ether oxygens (including phenoxy) is 1. The van der Waals surface area contributed by atoms with E-state index < -0.39 is 12.2 Å². The van der Waals surface area contributed by atoms with E-state index in [4.69, 9.17) is 4.74 Å². The Morgan fingerprint density at radius 3 is 2.80 bits per heavy atom. The highest BCUT2D eigenvalue weighted by atomic mass is 19.3. The molecule has 1 N–H and O–H groups in total. The second-order valence-electron chi connectivity index (χ2n) is 4.94. The molecule has 0 spiro atoms. The van der Waals surface area contributed by atoms with Crippen molar-refractivity contribution in [3.05, 3.63) is 18.0 Å². The van der Waals surface area contributed by atoms with Gasteiger partial charge in [0.25, 0.3) is 6.43 Å². The molecule has 0 saturated heterocycles. The Morgan fingerprint density at radius 1 is 1.40 bits per heavy atom. The second kappa shape index (κ2) is 4.93. The van der Waals surface area contributed by atoms with E-state index in [1.807, 2.05) is 0 Å². The van der Waals surface area contributed by atoms with Gasteiger partial charge >= 0.3 is 0 Å². The number of nitrogens with one attached hydrogen (secondary N) is 1. The summed E-state index contributed by atoms with van der Waals surface area (Å²) in [5.74, 6) is 0.0521. The van der Waals surface area contributed by atoms with Crippen LogP contribution in [0.2, 0.25) is 0 Å². The van der Waals surface area contributed by atoms with Crippen LogP contribution in [0.5, 0.6) is 0 Å². The predicted octanol–water partition coefficient (Wildman–Crippen LogP) is 2.04. The molecule has 2 aromatic rings. The Morgan fingerprint density at radius 2 is 2.20 bits per heavy atom. The fourth-order valence-electron chi connectivity index (χ4n) is 2.31. The van der Waals surface area contributed by atoms with E-state index in [0.29, 0.717) is 18.0 Å². The summed E-state index contributed by atoms with van der Waals surface area (Å²) < 4.78 is 32.1. The van der Waals surface area contributed by atoms with Crippen LogP contribution < -0.4 is 5.32 Å². The van der Waals surface area contributed by atoms with Crippen molar-refractivity contribution in [3.8, 4) is 0 Å². The standard InChI is InChI=1S/C12H15F2N5O/c1-20-12(5-2-6-12)7-15-8-3-4-9-16-17-11(10(13)14)19(9)18-8/h3-4,10H,2,5-7H2,1H3,(H,15,18). The van der Waals surface area contributed by atoms with Crippen molar-refractivity contribution in [3.63, 3.8) is 0 Å². The molecule has 0 aromatic carbocycles. The molecular weight excluding hydrogens is 268 g/mol. The molecule has 0 amide bonds. The van der Waals surface area contributed by atoms with Gasteiger partial charge in [0.05, 0.1) is 5.60 Å². The van der Waals surface area contributed by atoms with E-state index in [2.05, 4.69) is 20.6 Å². The highest BCUT2D eigenvalue weighted by molar-refractivity contribution is 5.44. The van der Waals surface area contributed by atoms with Gasteiger partial charge in [-0.15, -0.1) is 15.3 Å². The van der Waals surface area contributed by atoms with Gasteiger partial charge in [0.2, 0.25) is 5.82 Å². The number of alkyl halides is 2. The summed E-state index contributed by atoms with van der Waals surface area (Å²) in [6, 6.07) is 3.30. The minimum Gasteiger partial charge on any atom is -0.376 e. The predicted molar refractivity (Wildman–Crippen MR) is 67.8 cm³/mol. The fraction of sp³-hybridized carbons (Fsp3) is 0.583. The highest BCUT2D eigenvalue weighted by Gasteiger charge is 2.36. The van der Waals surface area contributed by atoms with Gasteiger partial charge in [0.15, 0.2) is 5.65 Å². The van der Waals surface area contributed by atoms with Crippen LogP contribution in [0.15, 0.2) is 12.1 Å². The topological polar surface area (TPSA) is 64.3 Å². The third kappa shape index (κ3) is 2.20. The normalized spacial score (nSPS) is 17.4. The van der Waals surface area contributed by atoms with Crippen molar-refractivity contribution < 1.29 is 13.5 Å². The first-order valence-electron chi connectivity index (χ1n) is 6.43. The Labute approximate surface area is 114 Å². The van der Waals surface area contributed by atoms with E-state index in [1.165, 1.54) is 0 Å². The number of methoxy groups -OCH3 is 1. The summed E-state index contributed by atoms with van der Waals surface area (Å²) in [4.78, 5) is 0. The van der Waals surface area contributed by atoms with E-state index in [1.54, 1.807) is 19.2 Å². The third-order valence-electron chi connectivity index (χ3n) is 3.77. The first kappa shape index (κ1) is 13.2. The number of nitrogens with zero attached hydrogens (tertiary/aromatic N) is 4. The number of hydrogen-bond donors (Lipinski definition) is 1. The van der Waals surface area contributed by atoms with Gasteiger partial charge < -0.3 is 10.1 Å². The van der Waals surface area contributed by atoms with Crippen molar-refractivity contribution in [2.75, 3.05) is 19.0 Å². The monoisotopic (exact) mass is 283 g/mol. The van der Waals surface area contributed by atoms with Crippen LogP contribution in [-0.4, -0.2) is 39.1 Å². The molecule has 1 fully saturated rings. The summed E-state index contributed by atoms with van der Waals surface area (Å²) in [5.41, 5.74) is 0.144. The SMILES string of the molecule is COC1(CNc2ccc3nnc(C(F)F)n3n2)CCC1. The molecule has 108 valence electrons. The maximum absolute atomic E-state index is 12.8. The van der Waals surface area contributed by atoms with Crippen LogP contribution in [0.3, 0.4) is 0 Å². The molecule has 0 atom stereocenters. The minimum absolute atomic E-state index is 0.157. The lowest BCUT2D eigenvalue weighted by atomic mass is 9.80. The third-order valence-corrected chi connectivity index (χ3v) is 3.77. The van der Waals surface area contributed by atoms with Crippen LogP contribution in [0, 0.1) is 0 Å². The molecule has 2 heterocycles. The summed E-state index contributed by atoms with van der Waals surface area (Å²) in [5, 5.41) is 14.3. The quantitative estimate of drug-likeness (QED) is 0.909. The van der Waals surface area contributed by atoms with Gasteiger partial charge in [-0.1, -0.05) is 0 Å². The Bertz CT molecular complexity index is 605. The maximum Gasteiger partial charge on any atom is 0.299 e. The van der Waals surface area contributed by atoms with Crippen molar-refractivity contribution in [2.45, 2.75) is 31.3 Å². The van der Waals surface area contributed by atoms with Crippen molar-refractivity contribution in [2.24, 2.45) is 0 Å². The molecule has 0 unspecified atom stereocenters. The molecule has 3 rings (SSSR count). The summed E-state index contributed by atoms with van der Waals surface area (Å²) in [6.45, 7) is 0.605. The van der Waals surface area contributed by atoms with E-state index in [9.17, 15) is 8.78 Å². The lowest BCUT2D eigenvalue weighted by Crippen LogP contribution is -2.45. The molecule has 2 aromatic heterocycles. The van der Waals surface area contributed by atoms with Gasteiger partial charge in [-0.3, -0.25) is 0 Å². The van der Waals surface area contributed by atoms with Crippen LogP contribution >= 0.6 is 0 Å². The summed E-state index contributed by atoms with van der Waals surface area (Å²) in [6.07, 6.45) is 0.425. The number of fused-ring (bicyclic) bond motifs is 1. The number of halogens is 2. The Balaban J connectivity index is 1.80. The average molecular weight is 283 g/mol. The van der Waals surface area contributed by atoms with E-state index >= 15 is 0 Å². The Hall–Kier alpha value is -1.83. The van der Waals surface area contributed by atoms with Gasteiger partial charge in [0, 0.05) is 13.7 Å². The minimum atomic E-state index is -2.70. The first-order valence-corrected chi connectivity index (χ1v) is 6.43. The lowest BCUT2D eigenvalue weighted by molar-refractivity contribution is -0.0601. The molecule has 0 bridgehead atoms. The summed E-state index contributed by atoms with van der Waals surface area (Å²) >= 11 is 0. The zero-order valence-electron chi connectivity index (χ0n) is 11.0.